The number of sulfonamides is 1. The van der Waals surface area contributed by atoms with E-state index >= 15 is 0 Å². The lowest BCUT2D eigenvalue weighted by Crippen LogP contribution is -2.40. The minimum absolute atomic E-state index is 0.0320. The third kappa shape index (κ3) is 4.27. The van der Waals surface area contributed by atoms with Gasteiger partial charge in [-0.25, -0.2) is 19.1 Å². The van der Waals surface area contributed by atoms with Crippen LogP contribution in [0.3, 0.4) is 0 Å². The molecule has 1 fully saturated rings. The second-order valence-electron chi connectivity index (χ2n) is 8.62. The monoisotopic (exact) mass is 469 g/mol. The van der Waals surface area contributed by atoms with Gasteiger partial charge in [-0.15, -0.1) is 6.42 Å². The van der Waals surface area contributed by atoms with Crippen LogP contribution in [-0.2, 0) is 23.6 Å². The van der Waals surface area contributed by atoms with Gasteiger partial charge >= 0.3 is 5.69 Å². The van der Waals surface area contributed by atoms with Crippen molar-refractivity contribution < 1.29 is 8.42 Å². The van der Waals surface area contributed by atoms with E-state index in [-0.39, 0.29) is 16.8 Å². The highest BCUT2D eigenvalue weighted by molar-refractivity contribution is 7.89. The van der Waals surface area contributed by atoms with Crippen LogP contribution in [0.4, 0.5) is 0 Å². The number of aryl methyl sites for hydroxylation is 1. The maximum absolute atomic E-state index is 13.4. The van der Waals surface area contributed by atoms with Crippen molar-refractivity contribution in [3.8, 4) is 12.3 Å². The molecule has 4 rings (SSSR count). The average Bonchev–Trinajstić information content (AvgIpc) is 3.58. The Morgan fingerprint density at radius 1 is 1.30 bits per heavy atom. The Balaban J connectivity index is 1.85. The van der Waals surface area contributed by atoms with Gasteiger partial charge in [0.1, 0.15) is 0 Å². The summed E-state index contributed by atoms with van der Waals surface area (Å²) in [5.74, 6) is 8.48. The summed E-state index contributed by atoms with van der Waals surface area (Å²) in [4.78, 5) is 26.3. The van der Waals surface area contributed by atoms with Crippen molar-refractivity contribution in [2.45, 2.75) is 49.1 Å². The molecule has 1 heterocycles. The molecule has 0 amide bonds. The quantitative estimate of drug-likeness (QED) is 0.369. The van der Waals surface area contributed by atoms with Crippen LogP contribution in [0.15, 0.2) is 56.1 Å². The fourth-order valence-corrected chi connectivity index (χ4v) is 5.52. The molecule has 0 bridgehead atoms. The lowest BCUT2D eigenvalue weighted by atomic mass is 10.1. The number of hydrogen-bond donors (Lipinski definition) is 2. The Bertz CT molecular complexity index is 1450. The molecule has 2 aromatic rings. The number of benzene rings is 1. The molecule has 0 atom stereocenters. The first kappa shape index (κ1) is 23.0. The Labute approximate surface area is 192 Å². The molecule has 0 spiro atoms. The molecule has 10 heteroatoms. The summed E-state index contributed by atoms with van der Waals surface area (Å²) in [6, 6.07) is 4.14. The molecule has 3 N–H and O–H groups in total. The summed E-state index contributed by atoms with van der Waals surface area (Å²) in [5, 5.41) is 1.64. The summed E-state index contributed by atoms with van der Waals surface area (Å²) in [5.41, 5.74) is 0.0518. The number of rotatable bonds is 6. The van der Waals surface area contributed by atoms with Crippen LogP contribution in [0.1, 0.15) is 32.1 Å². The first-order valence-electron chi connectivity index (χ1n) is 10.7. The molecule has 2 aliphatic carbocycles. The maximum Gasteiger partial charge on any atom is 0.331 e. The van der Waals surface area contributed by atoms with Crippen LogP contribution < -0.4 is 21.8 Å². The number of aromatic nitrogens is 2. The predicted octanol–water partition coefficient (Wildman–Crippen LogP) is 0.944. The van der Waals surface area contributed by atoms with Crippen molar-refractivity contribution in [1.29, 1.82) is 0 Å². The first-order valence-corrected chi connectivity index (χ1v) is 12.2. The number of nitrogens with two attached hydrogens (primary N) is 1. The van der Waals surface area contributed by atoms with Crippen molar-refractivity contribution in [2.24, 2.45) is 12.9 Å². The molecule has 1 aromatic heterocycles. The van der Waals surface area contributed by atoms with E-state index in [9.17, 15) is 18.0 Å². The van der Waals surface area contributed by atoms with Crippen LogP contribution in [0, 0.1) is 12.3 Å². The summed E-state index contributed by atoms with van der Waals surface area (Å²) in [7, 11) is -0.657. The lowest BCUT2D eigenvalue weighted by Gasteiger charge is -2.20. The molecule has 0 radical (unpaired) electrons. The van der Waals surface area contributed by atoms with Gasteiger partial charge in [-0.3, -0.25) is 13.9 Å². The Morgan fingerprint density at radius 3 is 2.67 bits per heavy atom. The minimum Gasteiger partial charge on any atom is -0.318 e. The summed E-state index contributed by atoms with van der Waals surface area (Å²) >= 11 is 0. The van der Waals surface area contributed by atoms with Crippen LogP contribution in [0.5, 0.6) is 0 Å². The summed E-state index contributed by atoms with van der Waals surface area (Å²) in [6.07, 6.45) is 13.0. The number of nitrogens with zero attached hydrogens (tertiary/aromatic N) is 3. The highest BCUT2D eigenvalue weighted by atomic mass is 32.2. The summed E-state index contributed by atoms with van der Waals surface area (Å²) < 4.78 is 30.8. The smallest absolute Gasteiger partial charge is 0.318 e. The van der Waals surface area contributed by atoms with Gasteiger partial charge in [-0.2, -0.15) is 4.72 Å². The molecule has 1 saturated carbocycles. The van der Waals surface area contributed by atoms with Gasteiger partial charge in [0.15, 0.2) is 0 Å². The zero-order chi connectivity index (χ0) is 24.0. The number of hydrazine groups is 1. The van der Waals surface area contributed by atoms with E-state index in [0.29, 0.717) is 18.4 Å². The van der Waals surface area contributed by atoms with Gasteiger partial charge in [0.2, 0.25) is 10.0 Å². The minimum atomic E-state index is -3.94. The van der Waals surface area contributed by atoms with Gasteiger partial charge in [0.05, 0.1) is 27.9 Å². The molecule has 0 aliphatic heterocycles. The van der Waals surface area contributed by atoms with E-state index in [4.69, 9.17) is 12.3 Å². The van der Waals surface area contributed by atoms with Gasteiger partial charge in [-0.05, 0) is 55.9 Å². The summed E-state index contributed by atoms with van der Waals surface area (Å²) in [6.45, 7) is 0.0320. The Hall–Kier alpha value is -3.13. The molecular formula is C23H27N5O4S. The van der Waals surface area contributed by atoms with Crippen molar-refractivity contribution in [1.82, 2.24) is 18.9 Å². The largest absolute Gasteiger partial charge is 0.331 e. The van der Waals surface area contributed by atoms with Gasteiger partial charge < -0.3 is 5.01 Å². The fraction of sp³-hybridized carbons (Fsp3) is 0.391. The van der Waals surface area contributed by atoms with Gasteiger partial charge in [0.25, 0.3) is 5.56 Å². The highest BCUT2D eigenvalue weighted by Crippen LogP contribution is 2.36. The third-order valence-corrected chi connectivity index (χ3v) is 7.75. The molecular weight excluding hydrogens is 442 g/mol. The van der Waals surface area contributed by atoms with E-state index in [0.717, 1.165) is 35.1 Å². The fourth-order valence-electron chi connectivity index (χ4n) is 4.11. The standard InChI is InChI=1S/C23H27N5O4S/c1-4-23(12-13-23)25-33(31,32)17-10-11-20-18(14-17)21(29)28(22(30)26(20)2)15-16-8-6-5-7-9-19(16)27(3)24/h1,6,8,10-11,14,25H,5,7,9,12-13,15,24H2,2-3H3. The van der Waals surface area contributed by atoms with Crippen molar-refractivity contribution in [3.05, 3.63) is 62.5 Å². The molecule has 1 aromatic carbocycles. The molecule has 0 unspecified atom stereocenters. The molecule has 33 heavy (non-hydrogen) atoms. The number of hydrogen-bond acceptors (Lipinski definition) is 6. The normalized spacial score (nSPS) is 17.6. The highest BCUT2D eigenvalue weighted by Gasteiger charge is 2.44. The molecule has 0 saturated heterocycles. The van der Waals surface area contributed by atoms with Crippen molar-refractivity contribution in [3.63, 3.8) is 0 Å². The molecule has 2 aliphatic rings. The number of allylic oxidation sites excluding steroid dienone is 4. The zero-order valence-corrected chi connectivity index (χ0v) is 19.5. The number of fused-ring (bicyclic) bond motifs is 1. The Kier molecular flexibility index (Phi) is 5.82. The lowest BCUT2D eigenvalue weighted by molar-refractivity contribution is 0.411. The molecule has 9 nitrogen and oxygen atoms in total. The predicted molar refractivity (Wildman–Crippen MR) is 127 cm³/mol. The van der Waals surface area contributed by atoms with Crippen LogP contribution in [-0.4, -0.2) is 35.1 Å². The van der Waals surface area contributed by atoms with E-state index in [1.165, 1.54) is 27.8 Å². The van der Waals surface area contributed by atoms with Crippen LogP contribution in [0.2, 0.25) is 0 Å². The zero-order valence-electron chi connectivity index (χ0n) is 18.7. The van der Waals surface area contributed by atoms with Crippen LogP contribution in [0.25, 0.3) is 10.9 Å². The SMILES string of the molecule is C#CC1(NS(=O)(=O)c2ccc3c(c2)c(=O)n(CC2=C(N(C)N)CCCC=C2)c(=O)n3C)CC1. The van der Waals surface area contributed by atoms with E-state index in [1.54, 1.807) is 14.1 Å². The van der Waals surface area contributed by atoms with E-state index < -0.39 is 26.8 Å². The number of terminal acetylenes is 1. The first-order chi connectivity index (χ1) is 15.6. The van der Waals surface area contributed by atoms with Crippen molar-refractivity contribution >= 4 is 20.9 Å². The Morgan fingerprint density at radius 2 is 2.03 bits per heavy atom. The van der Waals surface area contributed by atoms with Crippen LogP contribution >= 0.6 is 0 Å². The van der Waals surface area contributed by atoms with E-state index in [1.807, 2.05) is 12.2 Å². The third-order valence-electron chi connectivity index (χ3n) is 6.22. The van der Waals surface area contributed by atoms with E-state index in [2.05, 4.69) is 10.6 Å². The van der Waals surface area contributed by atoms with Gasteiger partial charge in [0, 0.05) is 19.8 Å². The molecule has 174 valence electrons. The average molecular weight is 470 g/mol. The number of nitrogens with one attached hydrogen (secondary N) is 1. The van der Waals surface area contributed by atoms with Gasteiger partial charge in [-0.1, -0.05) is 18.1 Å². The topological polar surface area (TPSA) is 119 Å². The maximum atomic E-state index is 13.4. The van der Waals surface area contributed by atoms with Crippen molar-refractivity contribution in [2.75, 3.05) is 7.05 Å². The second kappa shape index (κ2) is 8.33. The second-order valence-corrected chi connectivity index (χ2v) is 10.3.